The van der Waals surface area contributed by atoms with Gasteiger partial charge in [-0.05, 0) is 25.9 Å². The molecule has 0 aromatic rings. The fourth-order valence-corrected chi connectivity index (χ4v) is 1.41. The Morgan fingerprint density at radius 1 is 0.583 bits per heavy atom. The van der Waals surface area contributed by atoms with Crippen molar-refractivity contribution in [2.45, 2.75) is 36.5 Å². The monoisotopic (exact) mass is 376 g/mol. The molecule has 0 aromatic carbocycles. The highest BCUT2D eigenvalue weighted by molar-refractivity contribution is 5.03. The average molecular weight is 376 g/mol. The van der Waals surface area contributed by atoms with Gasteiger partial charge in [0.05, 0.1) is 0 Å². The Morgan fingerprint density at radius 2 is 0.875 bits per heavy atom. The van der Waals surface area contributed by atoms with Gasteiger partial charge in [-0.15, -0.1) is 0 Å². The lowest BCUT2D eigenvalue weighted by molar-refractivity contribution is -0.376. The van der Waals surface area contributed by atoms with Crippen LogP contribution < -0.4 is 11.5 Å². The number of hydrogen-bond acceptors (Lipinski definition) is 4. The SMILES string of the molecule is NCCCOCC(F)(F)C(F)(F)C(F)(F)C(F)(F)COCCCN. The van der Waals surface area contributed by atoms with Crippen molar-refractivity contribution in [3.8, 4) is 0 Å². The van der Waals surface area contributed by atoms with E-state index < -0.39 is 50.1 Å². The second-order valence-electron chi connectivity index (χ2n) is 4.95. The van der Waals surface area contributed by atoms with Crippen LogP contribution in [0, 0.1) is 0 Å². The third-order valence-corrected chi connectivity index (χ3v) is 2.87. The van der Waals surface area contributed by atoms with E-state index in [0.717, 1.165) is 0 Å². The zero-order chi connectivity index (χ0) is 19.1. The first-order valence-corrected chi connectivity index (χ1v) is 6.94. The van der Waals surface area contributed by atoms with E-state index in [2.05, 4.69) is 9.47 Å². The summed E-state index contributed by atoms with van der Waals surface area (Å²) >= 11 is 0. The molecule has 0 amide bonds. The van der Waals surface area contributed by atoms with E-state index in [1.54, 1.807) is 0 Å². The van der Waals surface area contributed by atoms with Crippen LogP contribution in [-0.4, -0.2) is 63.2 Å². The first-order valence-electron chi connectivity index (χ1n) is 6.94. The molecular weight excluding hydrogens is 356 g/mol. The second-order valence-corrected chi connectivity index (χ2v) is 4.95. The first kappa shape index (κ1) is 23.3. The highest BCUT2D eigenvalue weighted by Gasteiger charge is 2.80. The van der Waals surface area contributed by atoms with Crippen LogP contribution >= 0.6 is 0 Å². The molecule has 0 unspecified atom stereocenters. The molecule has 0 fully saturated rings. The van der Waals surface area contributed by atoms with Crippen molar-refractivity contribution in [1.82, 2.24) is 0 Å². The molecule has 0 aliphatic rings. The van der Waals surface area contributed by atoms with Crippen LogP contribution in [0.15, 0.2) is 0 Å². The van der Waals surface area contributed by atoms with Gasteiger partial charge in [-0.3, -0.25) is 0 Å². The molecule has 0 rings (SSSR count). The fourth-order valence-electron chi connectivity index (χ4n) is 1.41. The van der Waals surface area contributed by atoms with Crippen LogP contribution in [0.2, 0.25) is 0 Å². The van der Waals surface area contributed by atoms with E-state index in [-0.39, 0.29) is 25.9 Å². The van der Waals surface area contributed by atoms with E-state index in [1.807, 2.05) is 0 Å². The molecule has 4 N–H and O–H groups in total. The van der Waals surface area contributed by atoms with Gasteiger partial charge in [0.1, 0.15) is 13.2 Å². The molecule has 0 atom stereocenters. The molecule has 4 nitrogen and oxygen atoms in total. The van der Waals surface area contributed by atoms with Gasteiger partial charge in [-0.1, -0.05) is 0 Å². The number of ether oxygens (including phenoxy) is 2. The van der Waals surface area contributed by atoms with Crippen molar-refractivity contribution < 1.29 is 44.6 Å². The zero-order valence-electron chi connectivity index (χ0n) is 12.7. The van der Waals surface area contributed by atoms with Crippen LogP contribution in [0.25, 0.3) is 0 Å². The van der Waals surface area contributed by atoms with Gasteiger partial charge >= 0.3 is 23.7 Å². The summed E-state index contributed by atoms with van der Waals surface area (Å²) < 4.78 is 115. The highest BCUT2D eigenvalue weighted by Crippen LogP contribution is 2.52. The summed E-state index contributed by atoms with van der Waals surface area (Å²) in [5.74, 6) is -23.8. The number of halogens is 8. The summed E-state index contributed by atoms with van der Waals surface area (Å²) in [5.41, 5.74) is 10.0. The number of hydrogen-bond donors (Lipinski definition) is 2. The van der Waals surface area contributed by atoms with E-state index in [4.69, 9.17) is 11.5 Å². The fraction of sp³-hybridized carbons (Fsp3) is 1.00. The Morgan fingerprint density at radius 3 is 1.12 bits per heavy atom. The van der Waals surface area contributed by atoms with Crippen LogP contribution in [0.1, 0.15) is 12.8 Å². The van der Waals surface area contributed by atoms with Crippen molar-refractivity contribution in [3.63, 3.8) is 0 Å². The van der Waals surface area contributed by atoms with Crippen molar-refractivity contribution in [3.05, 3.63) is 0 Å². The minimum absolute atomic E-state index is 0.00316. The van der Waals surface area contributed by atoms with Gasteiger partial charge in [0.2, 0.25) is 0 Å². The smallest absolute Gasteiger partial charge is 0.375 e. The summed E-state index contributed by atoms with van der Waals surface area (Å²) in [7, 11) is 0. The van der Waals surface area contributed by atoms with E-state index >= 15 is 0 Å². The van der Waals surface area contributed by atoms with Crippen molar-refractivity contribution in [2.24, 2.45) is 11.5 Å². The molecule has 0 aromatic heterocycles. The van der Waals surface area contributed by atoms with Gasteiger partial charge in [-0.25, -0.2) is 0 Å². The van der Waals surface area contributed by atoms with Gasteiger partial charge < -0.3 is 20.9 Å². The molecule has 0 spiro atoms. The third kappa shape index (κ3) is 5.39. The van der Waals surface area contributed by atoms with Crippen LogP contribution in [-0.2, 0) is 9.47 Å². The van der Waals surface area contributed by atoms with E-state index in [1.165, 1.54) is 0 Å². The number of alkyl halides is 8. The Bertz CT molecular complexity index is 335. The molecule has 12 heteroatoms. The van der Waals surface area contributed by atoms with Crippen LogP contribution in [0.4, 0.5) is 35.1 Å². The molecule has 0 bridgehead atoms. The minimum atomic E-state index is -6.36. The maximum atomic E-state index is 13.4. The van der Waals surface area contributed by atoms with E-state index in [9.17, 15) is 35.1 Å². The summed E-state index contributed by atoms with van der Waals surface area (Å²) in [6, 6.07) is 0. The molecule has 0 saturated heterocycles. The Hall–Kier alpha value is -0.720. The average Bonchev–Trinajstić information content (AvgIpc) is 2.47. The summed E-state index contributed by atoms with van der Waals surface area (Å²) in [6.07, 6.45) is 0.00632. The lowest BCUT2D eigenvalue weighted by Crippen LogP contribution is -2.64. The standard InChI is InChI=1S/C12H20F8N2O2/c13-9(14,7-23-5-1-3-21)11(17,18)12(19,20)10(15,16)8-24-6-2-4-22/h1-8,21-22H2. The quantitative estimate of drug-likeness (QED) is 0.382. The van der Waals surface area contributed by atoms with Gasteiger partial charge in [0.25, 0.3) is 0 Å². The molecular formula is C12H20F8N2O2. The topological polar surface area (TPSA) is 70.5 Å². The van der Waals surface area contributed by atoms with Gasteiger partial charge in [-0.2, -0.15) is 35.1 Å². The lowest BCUT2D eigenvalue weighted by atomic mass is 9.99. The maximum Gasteiger partial charge on any atom is 0.380 e. The second kappa shape index (κ2) is 9.11. The Kier molecular flexibility index (Phi) is 8.84. The van der Waals surface area contributed by atoms with Crippen molar-refractivity contribution in [1.29, 1.82) is 0 Å². The van der Waals surface area contributed by atoms with Crippen LogP contribution in [0.5, 0.6) is 0 Å². The molecule has 146 valence electrons. The zero-order valence-corrected chi connectivity index (χ0v) is 12.7. The molecule has 0 radical (unpaired) electrons. The maximum absolute atomic E-state index is 13.4. The number of nitrogens with two attached hydrogens (primary N) is 2. The molecule has 0 aliphatic heterocycles. The summed E-state index contributed by atoms with van der Waals surface area (Å²) in [4.78, 5) is 0. The summed E-state index contributed by atoms with van der Waals surface area (Å²) in [5, 5.41) is 0. The van der Waals surface area contributed by atoms with Crippen molar-refractivity contribution >= 4 is 0 Å². The third-order valence-electron chi connectivity index (χ3n) is 2.87. The normalized spacial score (nSPS) is 14.2. The van der Waals surface area contributed by atoms with Crippen LogP contribution in [0.3, 0.4) is 0 Å². The predicted molar refractivity (Wildman–Crippen MR) is 68.8 cm³/mol. The minimum Gasteiger partial charge on any atom is -0.375 e. The predicted octanol–water partition coefficient (Wildman–Crippen LogP) is 2.26. The van der Waals surface area contributed by atoms with Gasteiger partial charge in [0, 0.05) is 13.2 Å². The Labute approximate surface area is 133 Å². The molecule has 0 saturated carbocycles. The molecule has 0 heterocycles. The highest BCUT2D eigenvalue weighted by atomic mass is 19.4. The molecule has 0 aliphatic carbocycles. The molecule has 24 heavy (non-hydrogen) atoms. The van der Waals surface area contributed by atoms with Crippen molar-refractivity contribution in [2.75, 3.05) is 39.5 Å². The summed E-state index contributed by atoms with van der Waals surface area (Å²) in [6.45, 7) is -5.36. The largest absolute Gasteiger partial charge is 0.380 e. The first-order chi connectivity index (χ1) is 10.9. The van der Waals surface area contributed by atoms with Gasteiger partial charge in [0.15, 0.2) is 0 Å². The Balaban J connectivity index is 5.03. The van der Waals surface area contributed by atoms with E-state index in [0.29, 0.717) is 0 Å². The lowest BCUT2D eigenvalue weighted by Gasteiger charge is -2.36. The number of rotatable bonds is 13.